The minimum absolute atomic E-state index is 0.211. The molecule has 1 heterocycles. The van der Waals surface area contributed by atoms with Crippen molar-refractivity contribution in [3.63, 3.8) is 0 Å². The predicted octanol–water partition coefficient (Wildman–Crippen LogP) is 3.10. The van der Waals surface area contributed by atoms with E-state index in [1.807, 2.05) is 0 Å². The van der Waals surface area contributed by atoms with Crippen molar-refractivity contribution in [3.05, 3.63) is 0 Å². The van der Waals surface area contributed by atoms with Gasteiger partial charge in [-0.15, -0.1) is 0 Å². The van der Waals surface area contributed by atoms with Gasteiger partial charge < -0.3 is 10.6 Å². The molecule has 0 spiro atoms. The molecule has 1 amide bonds. The molecule has 2 N–H and O–H groups in total. The van der Waals surface area contributed by atoms with Crippen LogP contribution in [0.2, 0.25) is 0 Å². The van der Waals surface area contributed by atoms with Crippen molar-refractivity contribution in [2.75, 3.05) is 13.1 Å². The van der Waals surface area contributed by atoms with Gasteiger partial charge in [0.1, 0.15) is 0 Å². The maximum Gasteiger partial charge on any atom is 0.223 e. The maximum absolute atomic E-state index is 12.2. The van der Waals surface area contributed by atoms with Gasteiger partial charge in [0.2, 0.25) is 5.91 Å². The van der Waals surface area contributed by atoms with Crippen molar-refractivity contribution in [1.29, 1.82) is 0 Å². The molecule has 0 bridgehead atoms. The molecule has 0 aliphatic carbocycles. The summed E-state index contributed by atoms with van der Waals surface area (Å²) in [4.78, 5) is 12.2. The zero-order valence-electron chi connectivity index (χ0n) is 13.2. The van der Waals surface area contributed by atoms with E-state index in [4.69, 9.17) is 0 Å². The summed E-state index contributed by atoms with van der Waals surface area (Å²) in [6, 6.07) is 0.474. The molecule has 1 aliphatic heterocycles. The molecule has 19 heavy (non-hydrogen) atoms. The van der Waals surface area contributed by atoms with Crippen molar-refractivity contribution in [2.45, 2.75) is 72.3 Å². The van der Waals surface area contributed by atoms with Crippen LogP contribution in [-0.2, 0) is 4.79 Å². The Balaban J connectivity index is 2.28. The second kappa shape index (κ2) is 7.88. The van der Waals surface area contributed by atoms with Gasteiger partial charge in [0.15, 0.2) is 0 Å². The highest BCUT2D eigenvalue weighted by Crippen LogP contribution is 2.23. The predicted molar refractivity (Wildman–Crippen MR) is 81.1 cm³/mol. The van der Waals surface area contributed by atoms with Gasteiger partial charge in [-0.3, -0.25) is 4.79 Å². The van der Waals surface area contributed by atoms with Gasteiger partial charge in [-0.1, -0.05) is 40.0 Å². The molecule has 1 fully saturated rings. The summed E-state index contributed by atoms with van der Waals surface area (Å²) < 4.78 is 0. The quantitative estimate of drug-likeness (QED) is 0.697. The fourth-order valence-corrected chi connectivity index (χ4v) is 2.78. The Morgan fingerprint density at radius 1 is 1.37 bits per heavy atom. The van der Waals surface area contributed by atoms with Gasteiger partial charge in [-0.25, -0.2) is 0 Å². The summed E-state index contributed by atoms with van der Waals surface area (Å²) in [5.41, 5.74) is 0.226. The number of hydrogen-bond donors (Lipinski definition) is 2. The highest BCUT2D eigenvalue weighted by Gasteiger charge is 2.26. The van der Waals surface area contributed by atoms with E-state index >= 15 is 0 Å². The van der Waals surface area contributed by atoms with E-state index in [9.17, 15) is 4.79 Å². The summed E-state index contributed by atoms with van der Waals surface area (Å²) in [6.45, 7) is 10.7. The van der Waals surface area contributed by atoms with Crippen LogP contribution < -0.4 is 10.6 Å². The smallest absolute Gasteiger partial charge is 0.223 e. The summed E-state index contributed by atoms with van der Waals surface area (Å²) >= 11 is 0. The van der Waals surface area contributed by atoms with Crippen molar-refractivity contribution in [1.82, 2.24) is 10.6 Å². The average molecular weight is 268 g/mol. The molecule has 3 heteroatoms. The van der Waals surface area contributed by atoms with Crippen molar-refractivity contribution in [2.24, 2.45) is 11.3 Å². The minimum atomic E-state index is 0.211. The first-order chi connectivity index (χ1) is 8.94. The first-order valence-corrected chi connectivity index (χ1v) is 7.95. The van der Waals surface area contributed by atoms with E-state index in [-0.39, 0.29) is 17.2 Å². The lowest BCUT2D eigenvalue weighted by Crippen LogP contribution is -2.44. The molecule has 1 aliphatic rings. The summed E-state index contributed by atoms with van der Waals surface area (Å²) in [6.07, 6.45) is 6.97. The number of nitrogens with one attached hydrogen (secondary N) is 2. The Morgan fingerprint density at radius 3 is 2.74 bits per heavy atom. The fourth-order valence-electron chi connectivity index (χ4n) is 2.78. The lowest BCUT2D eigenvalue weighted by molar-refractivity contribution is -0.126. The normalized spacial score (nSPS) is 24.2. The van der Waals surface area contributed by atoms with Crippen LogP contribution in [0.25, 0.3) is 0 Å². The maximum atomic E-state index is 12.2. The molecule has 1 saturated heterocycles. The summed E-state index contributed by atoms with van der Waals surface area (Å²) in [5.74, 6) is 0.472. The van der Waals surface area contributed by atoms with E-state index in [1.54, 1.807) is 0 Å². The van der Waals surface area contributed by atoms with Gasteiger partial charge in [0, 0.05) is 18.5 Å². The molecule has 0 aromatic heterocycles. The van der Waals surface area contributed by atoms with Crippen LogP contribution in [0.15, 0.2) is 0 Å². The monoisotopic (exact) mass is 268 g/mol. The average Bonchev–Trinajstić information content (AvgIpc) is 2.36. The van der Waals surface area contributed by atoms with Crippen LogP contribution in [0.4, 0.5) is 0 Å². The van der Waals surface area contributed by atoms with E-state index in [0.717, 1.165) is 25.9 Å². The third-order valence-corrected chi connectivity index (χ3v) is 4.19. The third kappa shape index (κ3) is 6.42. The van der Waals surface area contributed by atoms with Crippen LogP contribution in [-0.4, -0.2) is 25.0 Å². The van der Waals surface area contributed by atoms with E-state index in [1.165, 1.54) is 25.7 Å². The van der Waals surface area contributed by atoms with Crippen LogP contribution in [0.3, 0.4) is 0 Å². The Bertz CT molecular complexity index is 276. The van der Waals surface area contributed by atoms with E-state index < -0.39 is 0 Å². The van der Waals surface area contributed by atoms with Crippen LogP contribution in [0, 0.1) is 11.3 Å². The first-order valence-electron chi connectivity index (χ1n) is 7.95. The Hall–Kier alpha value is -0.570. The van der Waals surface area contributed by atoms with E-state index in [0.29, 0.717) is 6.04 Å². The second-order valence-electron chi connectivity index (χ2n) is 6.92. The van der Waals surface area contributed by atoms with Crippen molar-refractivity contribution in [3.8, 4) is 0 Å². The standard InChI is InChI=1S/C16H32N2O/c1-5-6-7-9-16(3,4)12-18-15(19)14-8-10-17-13(2)11-14/h13-14,17H,5-12H2,1-4H3,(H,18,19). The number of hydrogen-bond acceptors (Lipinski definition) is 2. The number of carbonyl (C=O) groups excluding carboxylic acids is 1. The number of amides is 1. The minimum Gasteiger partial charge on any atom is -0.355 e. The molecular weight excluding hydrogens is 236 g/mol. The molecule has 2 unspecified atom stereocenters. The molecule has 0 saturated carbocycles. The van der Waals surface area contributed by atoms with Gasteiger partial charge >= 0.3 is 0 Å². The Labute approximate surface area is 118 Å². The fraction of sp³-hybridized carbons (Fsp3) is 0.938. The topological polar surface area (TPSA) is 41.1 Å². The number of carbonyl (C=O) groups is 1. The molecular formula is C16H32N2O. The highest BCUT2D eigenvalue weighted by atomic mass is 16.1. The number of unbranched alkanes of at least 4 members (excludes halogenated alkanes) is 2. The van der Waals surface area contributed by atoms with Crippen molar-refractivity contribution < 1.29 is 4.79 Å². The van der Waals surface area contributed by atoms with Crippen LogP contribution in [0.5, 0.6) is 0 Å². The first kappa shape index (κ1) is 16.5. The Morgan fingerprint density at radius 2 is 2.11 bits per heavy atom. The molecule has 3 nitrogen and oxygen atoms in total. The highest BCUT2D eigenvalue weighted by molar-refractivity contribution is 5.78. The number of piperidine rings is 1. The summed E-state index contributed by atoms with van der Waals surface area (Å²) in [5, 5.41) is 6.57. The summed E-state index contributed by atoms with van der Waals surface area (Å²) in [7, 11) is 0. The molecule has 0 radical (unpaired) electrons. The van der Waals surface area contributed by atoms with Gasteiger partial charge in [-0.05, 0) is 38.1 Å². The van der Waals surface area contributed by atoms with Gasteiger partial charge in [0.25, 0.3) is 0 Å². The molecule has 2 atom stereocenters. The SMILES string of the molecule is CCCCCC(C)(C)CNC(=O)C1CCNC(C)C1. The molecule has 112 valence electrons. The second-order valence-corrected chi connectivity index (χ2v) is 6.92. The molecule has 0 aromatic rings. The molecule has 0 aromatic carbocycles. The van der Waals surface area contributed by atoms with Gasteiger partial charge in [-0.2, -0.15) is 0 Å². The number of rotatable bonds is 7. The van der Waals surface area contributed by atoms with Gasteiger partial charge in [0.05, 0.1) is 0 Å². The lowest BCUT2D eigenvalue weighted by Gasteiger charge is -2.30. The molecule has 1 rings (SSSR count). The van der Waals surface area contributed by atoms with Crippen molar-refractivity contribution >= 4 is 5.91 Å². The zero-order chi connectivity index (χ0) is 14.3. The van der Waals surface area contributed by atoms with E-state index in [2.05, 4.69) is 38.3 Å². The zero-order valence-corrected chi connectivity index (χ0v) is 13.2. The third-order valence-electron chi connectivity index (χ3n) is 4.19. The lowest BCUT2D eigenvalue weighted by atomic mass is 9.86. The Kier molecular flexibility index (Phi) is 6.84. The van der Waals surface area contributed by atoms with Crippen LogP contribution in [0.1, 0.15) is 66.2 Å². The van der Waals surface area contributed by atoms with Crippen LogP contribution >= 0.6 is 0 Å². The largest absolute Gasteiger partial charge is 0.355 e.